The number of rotatable bonds is 4. The molecule has 0 saturated heterocycles. The van der Waals surface area contributed by atoms with Crippen LogP contribution in [0, 0.1) is 11.8 Å². The van der Waals surface area contributed by atoms with Gasteiger partial charge in [-0.2, -0.15) is 17.9 Å². The number of alkyl halides is 3. The van der Waals surface area contributed by atoms with Crippen LogP contribution in [0.25, 0.3) is 0 Å². The standard InChI is InChI=1S/C18H14F3NO3S/c1-13(23)15-7-3-9-17(12-15)26(24,25)22-10-4-6-14-5-2-8-16(11-14)18(19,20)21/h2-3,5,7-9,11-12,22H,10H2,1H3. The van der Waals surface area contributed by atoms with E-state index in [0.717, 1.165) is 12.1 Å². The summed E-state index contributed by atoms with van der Waals surface area (Å²) in [6.45, 7) is 1.03. The first-order valence-electron chi connectivity index (χ1n) is 7.36. The molecule has 0 fully saturated rings. The average Bonchev–Trinajstić information content (AvgIpc) is 2.58. The first kappa shape index (κ1) is 19.7. The summed E-state index contributed by atoms with van der Waals surface area (Å²) in [5, 5.41) is 0. The number of sulfonamides is 1. The van der Waals surface area contributed by atoms with Crippen LogP contribution >= 0.6 is 0 Å². The Morgan fingerprint density at radius 3 is 2.46 bits per heavy atom. The number of Topliss-reactive ketones (excluding diaryl/α,β-unsaturated/α-hetero) is 1. The normalized spacial score (nSPS) is 11.5. The Morgan fingerprint density at radius 1 is 1.12 bits per heavy atom. The zero-order valence-corrected chi connectivity index (χ0v) is 14.4. The fourth-order valence-electron chi connectivity index (χ4n) is 2.02. The summed E-state index contributed by atoms with van der Waals surface area (Å²) >= 11 is 0. The predicted molar refractivity (Wildman–Crippen MR) is 90.0 cm³/mol. The van der Waals surface area contributed by atoms with Gasteiger partial charge in [-0.3, -0.25) is 4.79 Å². The van der Waals surface area contributed by atoms with Crippen molar-refractivity contribution >= 4 is 15.8 Å². The van der Waals surface area contributed by atoms with Crippen LogP contribution in [0.3, 0.4) is 0 Å². The highest BCUT2D eigenvalue weighted by Crippen LogP contribution is 2.29. The molecule has 136 valence electrons. The topological polar surface area (TPSA) is 63.2 Å². The van der Waals surface area contributed by atoms with Crippen LogP contribution in [0.4, 0.5) is 13.2 Å². The lowest BCUT2D eigenvalue weighted by molar-refractivity contribution is -0.137. The summed E-state index contributed by atoms with van der Waals surface area (Å²) in [7, 11) is -3.89. The summed E-state index contributed by atoms with van der Waals surface area (Å²) in [5.41, 5.74) is -0.452. The van der Waals surface area contributed by atoms with Gasteiger partial charge in [-0.05, 0) is 37.3 Å². The van der Waals surface area contributed by atoms with E-state index in [9.17, 15) is 26.4 Å². The van der Waals surface area contributed by atoms with Crippen LogP contribution in [-0.4, -0.2) is 20.7 Å². The monoisotopic (exact) mass is 381 g/mol. The van der Waals surface area contributed by atoms with Crippen molar-refractivity contribution in [2.24, 2.45) is 0 Å². The molecule has 0 aliphatic carbocycles. The second-order valence-electron chi connectivity index (χ2n) is 5.29. The molecule has 4 nitrogen and oxygen atoms in total. The van der Waals surface area contributed by atoms with E-state index in [2.05, 4.69) is 16.6 Å². The van der Waals surface area contributed by atoms with Crippen LogP contribution in [-0.2, 0) is 16.2 Å². The average molecular weight is 381 g/mol. The van der Waals surface area contributed by atoms with E-state index in [1.807, 2.05) is 0 Å². The van der Waals surface area contributed by atoms with Gasteiger partial charge in [0.15, 0.2) is 5.78 Å². The highest BCUT2D eigenvalue weighted by molar-refractivity contribution is 7.89. The molecule has 8 heteroatoms. The molecule has 0 aliphatic heterocycles. The molecule has 0 saturated carbocycles. The Hall–Kier alpha value is -2.63. The van der Waals surface area contributed by atoms with Gasteiger partial charge in [0.05, 0.1) is 17.0 Å². The first-order chi connectivity index (χ1) is 12.1. The lowest BCUT2D eigenvalue weighted by atomic mass is 10.1. The lowest BCUT2D eigenvalue weighted by Gasteiger charge is -2.06. The maximum atomic E-state index is 12.6. The van der Waals surface area contributed by atoms with E-state index in [1.54, 1.807) is 0 Å². The van der Waals surface area contributed by atoms with Gasteiger partial charge in [-0.15, -0.1) is 0 Å². The van der Waals surface area contributed by atoms with Gasteiger partial charge < -0.3 is 0 Å². The summed E-state index contributed by atoms with van der Waals surface area (Å²) in [4.78, 5) is 11.2. The van der Waals surface area contributed by atoms with Crippen LogP contribution in [0.2, 0.25) is 0 Å². The zero-order valence-electron chi connectivity index (χ0n) is 13.6. The zero-order chi connectivity index (χ0) is 19.4. The second-order valence-corrected chi connectivity index (χ2v) is 7.06. The van der Waals surface area contributed by atoms with Crippen LogP contribution in [0.15, 0.2) is 53.4 Å². The Kier molecular flexibility index (Phi) is 5.85. The van der Waals surface area contributed by atoms with Gasteiger partial charge in [-0.1, -0.05) is 30.0 Å². The minimum atomic E-state index is -4.47. The molecule has 0 bridgehead atoms. The second kappa shape index (κ2) is 7.72. The summed E-state index contributed by atoms with van der Waals surface area (Å²) in [6.07, 6.45) is -4.47. The number of hydrogen-bond acceptors (Lipinski definition) is 3. The fraction of sp³-hybridized carbons (Fsp3) is 0.167. The number of carbonyl (C=O) groups excluding carboxylic acids is 1. The smallest absolute Gasteiger partial charge is 0.295 e. The van der Waals surface area contributed by atoms with Gasteiger partial charge in [-0.25, -0.2) is 8.42 Å². The van der Waals surface area contributed by atoms with E-state index in [-0.39, 0.29) is 28.4 Å². The van der Waals surface area contributed by atoms with Crippen molar-refractivity contribution in [3.8, 4) is 11.8 Å². The molecule has 2 aromatic carbocycles. The van der Waals surface area contributed by atoms with Gasteiger partial charge in [0.2, 0.25) is 10.0 Å². The van der Waals surface area contributed by atoms with E-state index >= 15 is 0 Å². The van der Waals surface area contributed by atoms with Crippen molar-refractivity contribution in [2.45, 2.75) is 18.0 Å². The van der Waals surface area contributed by atoms with Gasteiger partial charge in [0, 0.05) is 11.1 Å². The van der Waals surface area contributed by atoms with Crippen LogP contribution in [0.1, 0.15) is 28.4 Å². The molecular formula is C18H14F3NO3S. The molecule has 0 amide bonds. The van der Waals surface area contributed by atoms with E-state index in [4.69, 9.17) is 0 Å². The molecule has 2 aromatic rings. The quantitative estimate of drug-likeness (QED) is 0.653. The largest absolute Gasteiger partial charge is 0.416 e. The summed E-state index contributed by atoms with van der Waals surface area (Å²) < 4.78 is 64.4. The third kappa shape index (κ3) is 5.18. The minimum absolute atomic E-state index is 0.0916. The van der Waals surface area contributed by atoms with Gasteiger partial charge in [0.25, 0.3) is 0 Å². The summed E-state index contributed by atoms with van der Waals surface area (Å²) in [5.74, 6) is 4.68. The third-order valence-corrected chi connectivity index (χ3v) is 4.72. The molecule has 2 rings (SSSR count). The van der Waals surface area contributed by atoms with E-state index in [0.29, 0.717) is 0 Å². The molecule has 0 unspecified atom stereocenters. The van der Waals surface area contributed by atoms with Crippen LogP contribution < -0.4 is 4.72 Å². The maximum absolute atomic E-state index is 12.6. The van der Waals surface area contributed by atoms with Gasteiger partial charge >= 0.3 is 6.18 Å². The molecule has 0 radical (unpaired) electrons. The van der Waals surface area contributed by atoms with Crippen molar-refractivity contribution in [1.29, 1.82) is 0 Å². The molecule has 1 N–H and O–H groups in total. The summed E-state index contributed by atoms with van der Waals surface area (Å²) in [6, 6.07) is 9.94. The minimum Gasteiger partial charge on any atom is -0.295 e. The number of halogens is 3. The highest BCUT2D eigenvalue weighted by atomic mass is 32.2. The number of ketones is 1. The Labute approximate surface area is 149 Å². The molecule has 0 heterocycles. The van der Waals surface area contributed by atoms with Crippen LogP contribution in [0.5, 0.6) is 0 Å². The first-order valence-corrected chi connectivity index (χ1v) is 8.85. The number of carbonyl (C=O) groups is 1. The number of nitrogens with one attached hydrogen (secondary N) is 1. The van der Waals surface area contributed by atoms with Gasteiger partial charge in [0.1, 0.15) is 0 Å². The van der Waals surface area contributed by atoms with Crippen molar-refractivity contribution in [2.75, 3.05) is 6.54 Å². The van der Waals surface area contributed by atoms with Crippen molar-refractivity contribution in [1.82, 2.24) is 4.72 Å². The van der Waals surface area contributed by atoms with E-state index in [1.165, 1.54) is 43.3 Å². The molecule has 0 aromatic heterocycles. The Morgan fingerprint density at radius 2 is 1.81 bits per heavy atom. The molecular weight excluding hydrogens is 367 g/mol. The molecule has 0 aliphatic rings. The molecule has 0 spiro atoms. The molecule has 26 heavy (non-hydrogen) atoms. The lowest BCUT2D eigenvalue weighted by Crippen LogP contribution is -2.24. The Balaban J connectivity index is 2.10. The Bertz CT molecular complexity index is 986. The predicted octanol–water partition coefficient (Wildman–Crippen LogP) is 3.24. The highest BCUT2D eigenvalue weighted by Gasteiger charge is 2.30. The SMILES string of the molecule is CC(=O)c1cccc(S(=O)(=O)NCC#Cc2cccc(C(F)(F)F)c2)c1. The molecule has 0 atom stereocenters. The maximum Gasteiger partial charge on any atom is 0.416 e. The van der Waals surface area contributed by atoms with E-state index < -0.39 is 21.8 Å². The van der Waals surface area contributed by atoms with Crippen molar-refractivity contribution < 1.29 is 26.4 Å². The fourth-order valence-corrected chi connectivity index (χ4v) is 2.98. The number of benzene rings is 2. The van der Waals surface area contributed by atoms with Crippen molar-refractivity contribution in [3.63, 3.8) is 0 Å². The van der Waals surface area contributed by atoms with Crippen molar-refractivity contribution in [3.05, 3.63) is 65.2 Å². The third-order valence-electron chi connectivity index (χ3n) is 3.32. The number of hydrogen-bond donors (Lipinski definition) is 1.